The molecule has 6 nitrogen and oxygen atoms in total. The van der Waals surface area contributed by atoms with Crippen LogP contribution in [0.15, 0.2) is 58.3 Å². The third-order valence-electron chi connectivity index (χ3n) is 3.59. The maximum Gasteiger partial charge on any atom is 0.306 e. The van der Waals surface area contributed by atoms with Gasteiger partial charge < -0.3 is 10.5 Å². The number of amidine groups is 1. The first-order valence-electron chi connectivity index (χ1n) is 7.16. The van der Waals surface area contributed by atoms with E-state index in [0.717, 1.165) is 22.6 Å². The van der Waals surface area contributed by atoms with Crippen LogP contribution < -0.4 is 15.3 Å². The van der Waals surface area contributed by atoms with Gasteiger partial charge in [-0.15, -0.1) is 0 Å². The van der Waals surface area contributed by atoms with Crippen molar-refractivity contribution in [1.29, 1.82) is 5.41 Å². The van der Waals surface area contributed by atoms with Crippen molar-refractivity contribution in [3.63, 3.8) is 0 Å². The van der Waals surface area contributed by atoms with E-state index >= 15 is 0 Å². The second kappa shape index (κ2) is 5.47. The molecule has 1 aliphatic heterocycles. The summed E-state index contributed by atoms with van der Waals surface area (Å²) in [5, 5.41) is 8.03. The SMILES string of the molecule is N=C1N=C(c2sc(=O)[nH]c2N)c2cc(Oc3ccccc3)ccc21. The van der Waals surface area contributed by atoms with E-state index in [9.17, 15) is 4.79 Å². The molecule has 2 heterocycles. The summed E-state index contributed by atoms with van der Waals surface area (Å²) in [5.74, 6) is 1.75. The Morgan fingerprint density at radius 1 is 1.08 bits per heavy atom. The molecule has 0 bridgehead atoms. The maximum atomic E-state index is 11.5. The second-order valence-corrected chi connectivity index (χ2v) is 6.17. The van der Waals surface area contributed by atoms with Crippen molar-refractivity contribution in [1.82, 2.24) is 4.98 Å². The van der Waals surface area contributed by atoms with Crippen molar-refractivity contribution in [2.24, 2.45) is 4.99 Å². The van der Waals surface area contributed by atoms with Crippen molar-refractivity contribution in [3.8, 4) is 11.5 Å². The molecule has 0 fully saturated rings. The van der Waals surface area contributed by atoms with E-state index in [4.69, 9.17) is 15.9 Å². The van der Waals surface area contributed by atoms with Crippen LogP contribution in [0.2, 0.25) is 0 Å². The van der Waals surface area contributed by atoms with Gasteiger partial charge in [-0.2, -0.15) is 0 Å². The highest BCUT2D eigenvalue weighted by atomic mass is 32.1. The van der Waals surface area contributed by atoms with Gasteiger partial charge in [-0.1, -0.05) is 29.5 Å². The van der Waals surface area contributed by atoms with E-state index in [1.54, 1.807) is 12.1 Å². The summed E-state index contributed by atoms with van der Waals surface area (Å²) < 4.78 is 5.84. The highest BCUT2D eigenvalue weighted by Crippen LogP contribution is 2.31. The monoisotopic (exact) mass is 336 g/mol. The van der Waals surface area contributed by atoms with Gasteiger partial charge >= 0.3 is 4.87 Å². The van der Waals surface area contributed by atoms with Gasteiger partial charge in [0.05, 0.1) is 10.6 Å². The summed E-state index contributed by atoms with van der Waals surface area (Å²) in [6.45, 7) is 0. The number of aromatic nitrogens is 1. The van der Waals surface area contributed by atoms with E-state index < -0.39 is 0 Å². The van der Waals surface area contributed by atoms with Crippen molar-refractivity contribution >= 4 is 28.7 Å². The first-order chi connectivity index (χ1) is 11.6. The van der Waals surface area contributed by atoms with Gasteiger partial charge in [-0.25, -0.2) is 4.99 Å². The lowest BCUT2D eigenvalue weighted by Gasteiger charge is -2.08. The number of nitrogens with zero attached hydrogens (tertiary/aromatic N) is 1. The Balaban J connectivity index is 1.77. The van der Waals surface area contributed by atoms with Crippen LogP contribution in [-0.4, -0.2) is 16.5 Å². The number of fused-ring (bicyclic) bond motifs is 1. The number of thiazole rings is 1. The number of nitrogen functional groups attached to an aromatic ring is 1. The van der Waals surface area contributed by atoms with Crippen molar-refractivity contribution in [2.45, 2.75) is 0 Å². The standard InChI is InChI=1S/C17H12N4O2S/c18-15-11-7-6-10(23-9-4-2-1-3-5-9)8-12(11)13(20-15)14-16(19)21-17(22)24-14/h1-8,18H,19H2,(H,21,22). The van der Waals surface area contributed by atoms with Crippen LogP contribution in [0.5, 0.6) is 11.5 Å². The lowest BCUT2D eigenvalue weighted by atomic mass is 10.0. The quantitative estimate of drug-likeness (QED) is 0.685. The van der Waals surface area contributed by atoms with Gasteiger partial charge in [-0.3, -0.25) is 15.2 Å². The number of ether oxygens (including phenoxy) is 1. The third kappa shape index (κ3) is 2.40. The Morgan fingerprint density at radius 2 is 1.88 bits per heavy atom. The molecule has 7 heteroatoms. The number of rotatable bonds is 3. The topological polar surface area (TPSA) is 104 Å². The minimum atomic E-state index is -0.248. The average molecular weight is 336 g/mol. The van der Waals surface area contributed by atoms with Crippen LogP contribution >= 0.6 is 11.3 Å². The summed E-state index contributed by atoms with van der Waals surface area (Å²) in [5.41, 5.74) is 7.80. The Hall–Kier alpha value is -3.19. The highest BCUT2D eigenvalue weighted by Gasteiger charge is 2.25. The summed E-state index contributed by atoms with van der Waals surface area (Å²) in [6.07, 6.45) is 0. The molecule has 1 aliphatic rings. The van der Waals surface area contributed by atoms with E-state index in [1.165, 1.54) is 0 Å². The lowest BCUT2D eigenvalue weighted by Crippen LogP contribution is -2.02. The molecule has 118 valence electrons. The van der Waals surface area contributed by atoms with Crippen molar-refractivity contribution in [2.75, 3.05) is 5.73 Å². The van der Waals surface area contributed by atoms with Crippen molar-refractivity contribution in [3.05, 3.63) is 74.2 Å². The van der Waals surface area contributed by atoms with Crippen LogP contribution in [0.25, 0.3) is 0 Å². The molecule has 24 heavy (non-hydrogen) atoms. The smallest absolute Gasteiger partial charge is 0.306 e. The fraction of sp³-hybridized carbons (Fsp3) is 0. The van der Waals surface area contributed by atoms with Gasteiger partial charge in [0.1, 0.15) is 17.3 Å². The number of aliphatic imine (C=N–C) groups is 1. The van der Waals surface area contributed by atoms with Gasteiger partial charge in [-0.05, 0) is 30.3 Å². The molecule has 0 saturated carbocycles. The van der Waals surface area contributed by atoms with E-state index in [-0.39, 0.29) is 16.5 Å². The van der Waals surface area contributed by atoms with Crippen LogP contribution in [0.3, 0.4) is 0 Å². The molecular formula is C17H12N4O2S. The molecule has 0 aliphatic carbocycles. The lowest BCUT2D eigenvalue weighted by molar-refractivity contribution is 0.482. The number of anilines is 1. The Morgan fingerprint density at radius 3 is 2.58 bits per heavy atom. The van der Waals surface area contributed by atoms with Crippen LogP contribution in [-0.2, 0) is 0 Å². The minimum absolute atomic E-state index is 0.145. The average Bonchev–Trinajstić information content (AvgIpc) is 3.07. The molecule has 2 aromatic carbocycles. The molecule has 0 spiro atoms. The molecule has 4 N–H and O–H groups in total. The van der Waals surface area contributed by atoms with Crippen LogP contribution in [0.4, 0.5) is 5.82 Å². The van der Waals surface area contributed by atoms with Gasteiger partial charge in [0.25, 0.3) is 0 Å². The van der Waals surface area contributed by atoms with Crippen molar-refractivity contribution < 1.29 is 4.74 Å². The highest BCUT2D eigenvalue weighted by molar-refractivity contribution is 7.12. The number of benzene rings is 2. The molecular weight excluding hydrogens is 324 g/mol. The number of nitrogens with two attached hydrogens (primary N) is 1. The minimum Gasteiger partial charge on any atom is -0.457 e. The maximum absolute atomic E-state index is 11.5. The predicted octanol–water partition coefficient (Wildman–Crippen LogP) is 2.99. The summed E-state index contributed by atoms with van der Waals surface area (Å²) in [7, 11) is 0. The second-order valence-electron chi connectivity index (χ2n) is 5.19. The summed E-state index contributed by atoms with van der Waals surface area (Å²) >= 11 is 0.983. The zero-order valence-electron chi connectivity index (χ0n) is 12.4. The van der Waals surface area contributed by atoms with Gasteiger partial charge in [0.2, 0.25) is 0 Å². The predicted molar refractivity (Wildman–Crippen MR) is 94.8 cm³/mol. The Labute approximate surface area is 140 Å². The number of hydrogen-bond donors (Lipinski definition) is 3. The van der Waals surface area contributed by atoms with E-state index in [0.29, 0.717) is 21.9 Å². The zero-order valence-corrected chi connectivity index (χ0v) is 13.2. The Kier molecular flexibility index (Phi) is 3.28. The van der Waals surface area contributed by atoms with E-state index in [2.05, 4.69) is 9.98 Å². The molecule has 1 aromatic heterocycles. The van der Waals surface area contributed by atoms with Crippen LogP contribution in [0, 0.1) is 5.41 Å². The van der Waals surface area contributed by atoms with Gasteiger partial charge in [0, 0.05) is 11.1 Å². The molecule has 0 saturated heterocycles. The zero-order chi connectivity index (χ0) is 16.7. The molecule has 3 aromatic rings. The number of H-pyrrole nitrogens is 1. The number of para-hydroxylation sites is 1. The molecule has 0 radical (unpaired) electrons. The number of hydrogen-bond acceptors (Lipinski definition) is 5. The first kappa shape index (κ1) is 14.4. The largest absolute Gasteiger partial charge is 0.457 e. The fourth-order valence-corrected chi connectivity index (χ4v) is 3.29. The Bertz CT molecular complexity index is 1030. The van der Waals surface area contributed by atoms with E-state index in [1.807, 2.05) is 36.4 Å². The van der Waals surface area contributed by atoms with Crippen LogP contribution in [0.1, 0.15) is 16.0 Å². The fourth-order valence-electron chi connectivity index (χ4n) is 2.54. The molecule has 0 atom stereocenters. The summed E-state index contributed by atoms with van der Waals surface area (Å²) in [4.78, 5) is 18.6. The molecule has 4 rings (SSSR count). The first-order valence-corrected chi connectivity index (χ1v) is 7.97. The third-order valence-corrected chi connectivity index (χ3v) is 4.50. The number of nitrogens with one attached hydrogen (secondary N) is 2. The normalized spacial score (nSPS) is 12.8. The summed E-state index contributed by atoms with van der Waals surface area (Å²) in [6, 6.07) is 14.8. The molecule has 0 unspecified atom stereocenters. The van der Waals surface area contributed by atoms with Gasteiger partial charge in [0.15, 0.2) is 5.84 Å². The molecule has 0 amide bonds. The number of aromatic amines is 1.